The highest BCUT2D eigenvalue weighted by atomic mass is 35.5. The fourth-order valence-corrected chi connectivity index (χ4v) is 2.87. The van der Waals surface area contributed by atoms with Crippen LogP contribution in [0.15, 0.2) is 0 Å². The zero-order chi connectivity index (χ0) is 15.8. The number of methoxy groups -OCH3 is 1. The number of esters is 1. The maximum atomic E-state index is 10.9. The van der Waals surface area contributed by atoms with Crippen LogP contribution in [0.3, 0.4) is 0 Å². The van der Waals surface area contributed by atoms with E-state index in [1.54, 1.807) is 0 Å². The predicted octanol–water partition coefficient (Wildman–Crippen LogP) is 6.25. The summed E-state index contributed by atoms with van der Waals surface area (Å²) in [5.74, 6) is -0.0791. The first-order valence-electron chi connectivity index (χ1n) is 8.91. The topological polar surface area (TPSA) is 26.3 Å². The Balaban J connectivity index is 3.13. The van der Waals surface area contributed by atoms with E-state index in [9.17, 15) is 4.79 Å². The summed E-state index contributed by atoms with van der Waals surface area (Å²) in [6.45, 7) is 2.23. The number of alkyl halides is 1. The summed E-state index contributed by atoms with van der Waals surface area (Å²) in [5.41, 5.74) is 0. The van der Waals surface area contributed by atoms with Gasteiger partial charge in [0.05, 0.1) is 7.11 Å². The van der Waals surface area contributed by atoms with Gasteiger partial charge in [0.15, 0.2) is 0 Å². The van der Waals surface area contributed by atoms with Gasteiger partial charge in [-0.05, 0) is 19.3 Å². The lowest BCUT2D eigenvalue weighted by Crippen LogP contribution is -1.99. The van der Waals surface area contributed by atoms with Crippen LogP contribution in [0.4, 0.5) is 0 Å². The van der Waals surface area contributed by atoms with Crippen molar-refractivity contribution in [3.63, 3.8) is 0 Å². The molecule has 3 heteroatoms. The lowest BCUT2D eigenvalue weighted by molar-refractivity contribution is -0.140. The van der Waals surface area contributed by atoms with Crippen molar-refractivity contribution >= 4 is 17.6 Å². The molecule has 0 N–H and O–H groups in total. The first-order valence-corrected chi connectivity index (χ1v) is 9.35. The van der Waals surface area contributed by atoms with Crippen molar-refractivity contribution in [1.82, 2.24) is 0 Å². The number of unbranched alkanes of at least 4 members (excludes halogenated alkanes) is 9. The highest BCUT2D eigenvalue weighted by molar-refractivity contribution is 6.20. The molecule has 0 aliphatic rings. The lowest BCUT2D eigenvalue weighted by atomic mass is 10.0. The molecule has 0 saturated carbocycles. The molecule has 0 bridgehead atoms. The second kappa shape index (κ2) is 16.1. The van der Waals surface area contributed by atoms with Gasteiger partial charge in [0, 0.05) is 11.8 Å². The molecule has 0 aliphatic heterocycles. The average molecular weight is 319 g/mol. The van der Waals surface area contributed by atoms with Gasteiger partial charge in [-0.2, -0.15) is 0 Å². The molecule has 21 heavy (non-hydrogen) atoms. The second-order valence-electron chi connectivity index (χ2n) is 6.04. The van der Waals surface area contributed by atoms with E-state index in [2.05, 4.69) is 11.7 Å². The Kier molecular flexibility index (Phi) is 16.0. The first-order chi connectivity index (χ1) is 10.2. The quantitative estimate of drug-likeness (QED) is 0.203. The third-order valence-corrected chi connectivity index (χ3v) is 4.43. The van der Waals surface area contributed by atoms with Crippen LogP contribution in [0.25, 0.3) is 0 Å². The van der Waals surface area contributed by atoms with Gasteiger partial charge in [-0.1, -0.05) is 71.1 Å². The molecule has 0 aromatic heterocycles. The van der Waals surface area contributed by atoms with Crippen LogP contribution < -0.4 is 0 Å². The number of ether oxygens (including phenoxy) is 1. The van der Waals surface area contributed by atoms with Crippen LogP contribution in [-0.2, 0) is 9.53 Å². The number of carbonyl (C=O) groups excluding carboxylic acids is 1. The third kappa shape index (κ3) is 16.0. The Labute approximate surface area is 137 Å². The third-order valence-electron chi connectivity index (χ3n) is 4.00. The van der Waals surface area contributed by atoms with E-state index in [1.165, 1.54) is 77.7 Å². The fraction of sp³-hybridized carbons (Fsp3) is 0.944. The molecule has 0 saturated heterocycles. The molecule has 1 atom stereocenters. The average Bonchev–Trinajstić information content (AvgIpc) is 2.49. The van der Waals surface area contributed by atoms with Crippen LogP contribution in [0.2, 0.25) is 0 Å². The summed E-state index contributed by atoms with van der Waals surface area (Å²) >= 11 is 6.31. The van der Waals surface area contributed by atoms with Crippen molar-refractivity contribution in [2.75, 3.05) is 7.11 Å². The van der Waals surface area contributed by atoms with E-state index >= 15 is 0 Å². The number of rotatable bonds is 15. The molecule has 0 fully saturated rings. The van der Waals surface area contributed by atoms with E-state index in [0.717, 1.165) is 12.8 Å². The number of hydrogen-bond acceptors (Lipinski definition) is 2. The van der Waals surface area contributed by atoms with Crippen molar-refractivity contribution < 1.29 is 9.53 Å². The maximum absolute atomic E-state index is 10.9. The monoisotopic (exact) mass is 318 g/mol. The van der Waals surface area contributed by atoms with Crippen LogP contribution >= 0.6 is 11.6 Å². The predicted molar refractivity (Wildman–Crippen MR) is 92.0 cm³/mol. The van der Waals surface area contributed by atoms with Crippen LogP contribution in [0.5, 0.6) is 0 Å². The summed E-state index contributed by atoms with van der Waals surface area (Å²) in [5, 5.41) is 0.398. The summed E-state index contributed by atoms with van der Waals surface area (Å²) in [7, 11) is 1.46. The summed E-state index contributed by atoms with van der Waals surface area (Å²) < 4.78 is 4.62. The van der Waals surface area contributed by atoms with Crippen LogP contribution in [0.1, 0.15) is 96.8 Å². The fourth-order valence-electron chi connectivity index (χ4n) is 2.56. The van der Waals surface area contributed by atoms with Gasteiger partial charge in [0.25, 0.3) is 0 Å². The van der Waals surface area contributed by atoms with Crippen molar-refractivity contribution in [1.29, 1.82) is 0 Å². The summed E-state index contributed by atoms with van der Waals surface area (Å²) in [6, 6.07) is 0. The zero-order valence-electron chi connectivity index (χ0n) is 14.2. The second-order valence-corrected chi connectivity index (χ2v) is 6.65. The van der Waals surface area contributed by atoms with Gasteiger partial charge in [0.1, 0.15) is 0 Å². The molecule has 0 rings (SSSR count). The maximum Gasteiger partial charge on any atom is 0.305 e. The normalized spacial score (nSPS) is 12.3. The standard InChI is InChI=1S/C18H35ClO2/c1-3-4-11-14-17(19)15-12-9-7-5-6-8-10-13-16-18(20)21-2/h17H,3-16H2,1-2H3. The van der Waals surface area contributed by atoms with Gasteiger partial charge < -0.3 is 4.74 Å². The van der Waals surface area contributed by atoms with Crippen molar-refractivity contribution in [3.8, 4) is 0 Å². The molecule has 0 spiro atoms. The highest BCUT2D eigenvalue weighted by Crippen LogP contribution is 2.17. The zero-order valence-corrected chi connectivity index (χ0v) is 14.9. The summed E-state index contributed by atoms with van der Waals surface area (Å²) in [6.07, 6.45) is 16.7. The van der Waals surface area contributed by atoms with Crippen molar-refractivity contribution in [2.24, 2.45) is 0 Å². The minimum atomic E-state index is -0.0791. The molecule has 0 radical (unpaired) electrons. The molecule has 0 aliphatic carbocycles. The molecule has 0 amide bonds. The van der Waals surface area contributed by atoms with Gasteiger partial charge in [-0.25, -0.2) is 0 Å². The van der Waals surface area contributed by atoms with Gasteiger partial charge in [-0.3, -0.25) is 4.79 Å². The Morgan fingerprint density at radius 1 is 0.857 bits per heavy atom. The molecule has 1 unspecified atom stereocenters. The van der Waals surface area contributed by atoms with Crippen LogP contribution in [-0.4, -0.2) is 18.5 Å². The first kappa shape index (κ1) is 20.8. The van der Waals surface area contributed by atoms with E-state index in [4.69, 9.17) is 11.6 Å². The molecular formula is C18H35ClO2. The number of carbonyl (C=O) groups is 1. The number of halogens is 1. The van der Waals surface area contributed by atoms with Gasteiger partial charge >= 0.3 is 5.97 Å². The highest BCUT2D eigenvalue weighted by Gasteiger charge is 2.03. The smallest absolute Gasteiger partial charge is 0.305 e. The van der Waals surface area contributed by atoms with Crippen LogP contribution in [0, 0.1) is 0 Å². The molecule has 2 nitrogen and oxygen atoms in total. The van der Waals surface area contributed by atoms with E-state index in [-0.39, 0.29) is 5.97 Å². The Hall–Kier alpha value is -0.240. The Bertz CT molecular complexity index is 231. The van der Waals surface area contributed by atoms with E-state index in [0.29, 0.717) is 11.8 Å². The lowest BCUT2D eigenvalue weighted by Gasteiger charge is -2.08. The number of hydrogen-bond donors (Lipinski definition) is 0. The molecule has 0 aromatic rings. The summed E-state index contributed by atoms with van der Waals surface area (Å²) in [4.78, 5) is 10.9. The minimum absolute atomic E-state index is 0.0791. The van der Waals surface area contributed by atoms with Crippen molar-refractivity contribution in [2.45, 2.75) is 102 Å². The van der Waals surface area contributed by atoms with Gasteiger partial charge in [-0.15, -0.1) is 11.6 Å². The van der Waals surface area contributed by atoms with E-state index in [1.807, 2.05) is 0 Å². The van der Waals surface area contributed by atoms with Crippen molar-refractivity contribution in [3.05, 3.63) is 0 Å². The largest absolute Gasteiger partial charge is 0.469 e. The van der Waals surface area contributed by atoms with E-state index < -0.39 is 0 Å². The Morgan fingerprint density at radius 2 is 1.33 bits per heavy atom. The molecular weight excluding hydrogens is 284 g/mol. The Morgan fingerprint density at radius 3 is 1.86 bits per heavy atom. The molecule has 0 heterocycles. The molecule has 0 aromatic carbocycles. The molecule has 126 valence electrons. The minimum Gasteiger partial charge on any atom is -0.469 e. The SMILES string of the molecule is CCCCCC(Cl)CCCCCCCCCCC(=O)OC. The van der Waals surface area contributed by atoms with Gasteiger partial charge in [0.2, 0.25) is 0 Å².